The van der Waals surface area contributed by atoms with E-state index in [1.54, 1.807) is 17.4 Å². The number of aromatic nitrogens is 3. The van der Waals surface area contributed by atoms with E-state index in [0.29, 0.717) is 5.15 Å². The van der Waals surface area contributed by atoms with E-state index < -0.39 is 0 Å². The topological polar surface area (TPSA) is 50.7 Å². The predicted molar refractivity (Wildman–Crippen MR) is 75.3 cm³/mol. The van der Waals surface area contributed by atoms with Gasteiger partial charge in [0.15, 0.2) is 0 Å². The molecule has 0 atom stereocenters. The third-order valence-electron chi connectivity index (χ3n) is 2.39. The number of rotatable bonds is 6. The molecule has 0 fully saturated rings. The van der Waals surface area contributed by atoms with Crippen LogP contribution in [0.2, 0.25) is 5.15 Å². The quantitative estimate of drug-likeness (QED) is 0.827. The van der Waals surface area contributed by atoms with Crippen molar-refractivity contribution in [3.8, 4) is 0 Å². The first-order chi connectivity index (χ1) is 8.78. The molecule has 2 rings (SSSR count). The Kier molecular flexibility index (Phi) is 4.90. The van der Waals surface area contributed by atoms with Gasteiger partial charge in [0.2, 0.25) is 0 Å². The molecule has 18 heavy (non-hydrogen) atoms. The van der Waals surface area contributed by atoms with Gasteiger partial charge in [-0.1, -0.05) is 18.5 Å². The van der Waals surface area contributed by atoms with Gasteiger partial charge in [0.25, 0.3) is 0 Å². The molecule has 6 heteroatoms. The third kappa shape index (κ3) is 3.92. The first kappa shape index (κ1) is 13.2. The van der Waals surface area contributed by atoms with Gasteiger partial charge in [0, 0.05) is 30.8 Å². The Labute approximate surface area is 115 Å². The van der Waals surface area contributed by atoms with E-state index in [-0.39, 0.29) is 0 Å². The number of thiazole rings is 1. The Morgan fingerprint density at radius 1 is 1.33 bits per heavy atom. The SMILES string of the molecule is CCCc1nc(Cl)cc(NCCc2cscn2)n1. The highest BCUT2D eigenvalue weighted by atomic mass is 35.5. The van der Waals surface area contributed by atoms with Crippen molar-refractivity contribution in [2.24, 2.45) is 0 Å². The highest BCUT2D eigenvalue weighted by Crippen LogP contribution is 2.12. The first-order valence-electron chi connectivity index (χ1n) is 5.92. The largest absolute Gasteiger partial charge is 0.370 e. The molecule has 2 aromatic rings. The zero-order valence-corrected chi connectivity index (χ0v) is 11.8. The minimum absolute atomic E-state index is 0.490. The molecule has 1 N–H and O–H groups in total. The average Bonchev–Trinajstić information content (AvgIpc) is 2.82. The molecule has 0 radical (unpaired) electrons. The Balaban J connectivity index is 1.92. The maximum atomic E-state index is 5.96. The van der Waals surface area contributed by atoms with Gasteiger partial charge in [0.1, 0.15) is 16.8 Å². The van der Waals surface area contributed by atoms with Gasteiger partial charge < -0.3 is 5.32 Å². The number of nitrogens with zero attached hydrogens (tertiary/aromatic N) is 3. The molecule has 96 valence electrons. The zero-order chi connectivity index (χ0) is 12.8. The molecule has 0 aromatic carbocycles. The molecule has 2 heterocycles. The van der Waals surface area contributed by atoms with E-state index >= 15 is 0 Å². The Morgan fingerprint density at radius 2 is 2.22 bits per heavy atom. The van der Waals surface area contributed by atoms with E-state index in [0.717, 1.165) is 43.1 Å². The summed E-state index contributed by atoms with van der Waals surface area (Å²) in [4.78, 5) is 12.8. The van der Waals surface area contributed by atoms with Crippen LogP contribution in [0.3, 0.4) is 0 Å². The van der Waals surface area contributed by atoms with Crippen molar-refractivity contribution in [1.82, 2.24) is 15.0 Å². The van der Waals surface area contributed by atoms with Crippen LogP contribution in [0.4, 0.5) is 5.82 Å². The van der Waals surface area contributed by atoms with E-state index in [4.69, 9.17) is 11.6 Å². The molecule has 0 aliphatic heterocycles. The van der Waals surface area contributed by atoms with Crippen LogP contribution in [0.25, 0.3) is 0 Å². The summed E-state index contributed by atoms with van der Waals surface area (Å²) in [6.45, 7) is 2.89. The summed E-state index contributed by atoms with van der Waals surface area (Å²) in [6, 6.07) is 1.75. The lowest BCUT2D eigenvalue weighted by Gasteiger charge is -2.06. The summed E-state index contributed by atoms with van der Waals surface area (Å²) in [5, 5.41) is 5.79. The smallest absolute Gasteiger partial charge is 0.134 e. The van der Waals surface area contributed by atoms with Gasteiger partial charge in [-0.25, -0.2) is 15.0 Å². The van der Waals surface area contributed by atoms with Crippen molar-refractivity contribution in [3.63, 3.8) is 0 Å². The van der Waals surface area contributed by atoms with Crippen molar-refractivity contribution in [2.75, 3.05) is 11.9 Å². The first-order valence-corrected chi connectivity index (χ1v) is 7.24. The van der Waals surface area contributed by atoms with Crippen molar-refractivity contribution in [1.29, 1.82) is 0 Å². The predicted octanol–water partition coefficient (Wildman–Crippen LogP) is 3.19. The van der Waals surface area contributed by atoms with Crippen molar-refractivity contribution in [2.45, 2.75) is 26.2 Å². The Morgan fingerprint density at radius 3 is 2.94 bits per heavy atom. The maximum absolute atomic E-state index is 5.96. The zero-order valence-electron chi connectivity index (χ0n) is 10.2. The van der Waals surface area contributed by atoms with E-state index in [1.807, 2.05) is 5.51 Å². The standard InChI is InChI=1S/C12H15ClN4S/c1-2-3-11-16-10(13)6-12(17-11)14-5-4-9-7-18-8-15-9/h6-8H,2-5H2,1H3,(H,14,16,17). The molecule has 4 nitrogen and oxygen atoms in total. The van der Waals surface area contributed by atoms with Gasteiger partial charge in [-0.2, -0.15) is 0 Å². The second kappa shape index (κ2) is 6.66. The molecule has 0 spiro atoms. The van der Waals surface area contributed by atoms with Crippen LogP contribution < -0.4 is 5.32 Å². The number of hydrogen-bond acceptors (Lipinski definition) is 5. The van der Waals surface area contributed by atoms with Crippen LogP contribution in [0.15, 0.2) is 17.0 Å². The van der Waals surface area contributed by atoms with E-state index in [9.17, 15) is 0 Å². The lowest BCUT2D eigenvalue weighted by molar-refractivity contribution is 0.832. The summed E-state index contributed by atoms with van der Waals surface area (Å²) in [5.74, 6) is 1.58. The molecule has 2 aromatic heterocycles. The summed E-state index contributed by atoms with van der Waals surface area (Å²) in [5.41, 5.74) is 2.94. The highest BCUT2D eigenvalue weighted by Gasteiger charge is 2.02. The minimum Gasteiger partial charge on any atom is -0.370 e. The Hall–Kier alpha value is -1.20. The number of aryl methyl sites for hydroxylation is 1. The van der Waals surface area contributed by atoms with Gasteiger partial charge in [-0.3, -0.25) is 0 Å². The molecule has 0 aliphatic rings. The molecule has 0 amide bonds. The van der Waals surface area contributed by atoms with E-state index in [2.05, 4.69) is 32.6 Å². The van der Waals surface area contributed by atoms with Gasteiger partial charge in [-0.15, -0.1) is 11.3 Å². The second-order valence-electron chi connectivity index (χ2n) is 3.90. The van der Waals surface area contributed by atoms with Crippen molar-refractivity contribution >= 4 is 28.8 Å². The summed E-state index contributed by atoms with van der Waals surface area (Å²) in [7, 11) is 0. The molecular formula is C12H15ClN4S. The van der Waals surface area contributed by atoms with Crippen LogP contribution in [0, 0.1) is 0 Å². The minimum atomic E-state index is 0.490. The van der Waals surface area contributed by atoms with Crippen molar-refractivity contribution < 1.29 is 0 Å². The fourth-order valence-corrected chi connectivity index (χ4v) is 2.36. The fraction of sp³-hybridized carbons (Fsp3) is 0.417. The molecular weight excluding hydrogens is 268 g/mol. The van der Waals surface area contributed by atoms with Gasteiger partial charge in [-0.05, 0) is 6.42 Å². The summed E-state index contributed by atoms with van der Waals surface area (Å²) >= 11 is 7.57. The summed E-state index contributed by atoms with van der Waals surface area (Å²) < 4.78 is 0. The van der Waals surface area contributed by atoms with Crippen LogP contribution >= 0.6 is 22.9 Å². The van der Waals surface area contributed by atoms with Crippen molar-refractivity contribution in [3.05, 3.63) is 33.6 Å². The second-order valence-corrected chi connectivity index (χ2v) is 5.00. The van der Waals surface area contributed by atoms with Crippen LogP contribution in [0.1, 0.15) is 24.9 Å². The number of hydrogen-bond donors (Lipinski definition) is 1. The maximum Gasteiger partial charge on any atom is 0.134 e. The number of anilines is 1. The molecule has 0 saturated carbocycles. The highest BCUT2D eigenvalue weighted by molar-refractivity contribution is 7.07. The fourth-order valence-electron chi connectivity index (χ4n) is 1.57. The monoisotopic (exact) mass is 282 g/mol. The average molecular weight is 283 g/mol. The third-order valence-corrected chi connectivity index (χ3v) is 3.21. The van der Waals surface area contributed by atoms with Gasteiger partial charge in [0.05, 0.1) is 11.2 Å². The number of halogens is 1. The normalized spacial score (nSPS) is 10.6. The summed E-state index contributed by atoms with van der Waals surface area (Å²) in [6.07, 6.45) is 2.74. The lowest BCUT2D eigenvalue weighted by atomic mass is 10.3. The van der Waals surface area contributed by atoms with E-state index in [1.165, 1.54) is 0 Å². The lowest BCUT2D eigenvalue weighted by Crippen LogP contribution is -2.08. The molecule has 0 bridgehead atoms. The molecule has 0 aliphatic carbocycles. The number of nitrogens with one attached hydrogen (secondary N) is 1. The van der Waals surface area contributed by atoms with Crippen LogP contribution in [-0.4, -0.2) is 21.5 Å². The van der Waals surface area contributed by atoms with Crippen LogP contribution in [-0.2, 0) is 12.8 Å². The Bertz CT molecular complexity index is 487. The van der Waals surface area contributed by atoms with Crippen LogP contribution in [0.5, 0.6) is 0 Å². The molecule has 0 unspecified atom stereocenters. The molecule has 0 saturated heterocycles. The van der Waals surface area contributed by atoms with Gasteiger partial charge >= 0.3 is 0 Å².